The molecular weight excluding hydrogens is 341 g/mol. The Labute approximate surface area is 141 Å². The Hall–Kier alpha value is -2.28. The van der Waals surface area contributed by atoms with Crippen LogP contribution in [0.4, 0.5) is 18.9 Å². The molecule has 0 aliphatic carbocycles. The van der Waals surface area contributed by atoms with Gasteiger partial charge >= 0.3 is 6.18 Å². The van der Waals surface area contributed by atoms with E-state index in [9.17, 15) is 13.2 Å². The molecule has 0 radical (unpaired) electrons. The van der Waals surface area contributed by atoms with Crippen LogP contribution in [0, 0.1) is 0 Å². The lowest BCUT2D eigenvalue weighted by atomic mass is 9.85. The number of nitrogens with zero attached hydrogens (tertiary/aromatic N) is 2. The highest BCUT2D eigenvalue weighted by Crippen LogP contribution is 2.53. The zero-order valence-electron chi connectivity index (χ0n) is 12.2. The van der Waals surface area contributed by atoms with Gasteiger partial charge in [0.25, 0.3) is 0 Å². The number of isothiocyanates is 1. The van der Waals surface area contributed by atoms with Crippen molar-refractivity contribution in [1.82, 2.24) is 4.98 Å². The van der Waals surface area contributed by atoms with E-state index < -0.39 is 11.8 Å². The molecule has 1 fully saturated rings. The molecule has 0 saturated carbocycles. The summed E-state index contributed by atoms with van der Waals surface area (Å²) in [5.41, 5.74) is -2.17. The average Bonchev–Trinajstić information content (AvgIpc) is 2.48. The van der Waals surface area contributed by atoms with Crippen LogP contribution in [0.1, 0.15) is 12.0 Å². The quantitative estimate of drug-likeness (QED) is 0.586. The molecule has 2 heterocycles. The van der Waals surface area contributed by atoms with Crippen molar-refractivity contribution in [1.29, 1.82) is 0 Å². The maximum absolute atomic E-state index is 13.5. The molecule has 1 aliphatic rings. The van der Waals surface area contributed by atoms with E-state index in [4.69, 9.17) is 9.47 Å². The maximum Gasteiger partial charge on any atom is 0.421 e. The molecule has 1 aromatic carbocycles. The normalized spacial score (nSPS) is 20.0. The Bertz CT molecular complexity index is 800. The zero-order valence-corrected chi connectivity index (χ0v) is 13.0. The predicted octanol–water partition coefficient (Wildman–Crippen LogP) is 4.79. The third kappa shape index (κ3) is 2.80. The molecule has 0 amide bonds. The van der Waals surface area contributed by atoms with Gasteiger partial charge in [-0.05, 0) is 30.4 Å². The van der Waals surface area contributed by atoms with Gasteiger partial charge in [0, 0.05) is 18.2 Å². The van der Waals surface area contributed by atoms with E-state index in [-0.39, 0.29) is 35.9 Å². The SMILES string of the molecule is FC(F)(F)C1(c2ccccc2Oc2ncccc2N=C=S)CCO1. The summed E-state index contributed by atoms with van der Waals surface area (Å²) in [5.74, 6) is 0.0491. The standard InChI is InChI=1S/C16H11F3N2O2S/c17-16(18,19)15(7-9-22-15)11-4-1-2-6-13(11)23-14-12(21-10-24)5-3-8-20-14/h1-6,8H,7,9H2. The average molecular weight is 352 g/mol. The number of aromatic nitrogens is 1. The molecule has 1 aliphatic heterocycles. The molecule has 0 bridgehead atoms. The fourth-order valence-corrected chi connectivity index (χ4v) is 2.58. The van der Waals surface area contributed by atoms with Crippen molar-refractivity contribution in [3.05, 3.63) is 48.2 Å². The summed E-state index contributed by atoms with van der Waals surface area (Å²) in [5, 5.41) is 2.19. The van der Waals surface area contributed by atoms with E-state index in [0.29, 0.717) is 0 Å². The van der Waals surface area contributed by atoms with E-state index in [2.05, 4.69) is 27.4 Å². The zero-order chi connectivity index (χ0) is 17.2. The highest BCUT2D eigenvalue weighted by molar-refractivity contribution is 7.78. The molecule has 0 spiro atoms. The number of rotatable bonds is 4. The van der Waals surface area contributed by atoms with Crippen LogP contribution >= 0.6 is 12.2 Å². The van der Waals surface area contributed by atoms with Crippen molar-refractivity contribution in [2.45, 2.75) is 18.2 Å². The minimum atomic E-state index is -4.55. The summed E-state index contributed by atoms with van der Waals surface area (Å²) in [6.45, 7) is 0.0396. The molecule has 0 N–H and O–H groups in total. The van der Waals surface area contributed by atoms with Crippen molar-refractivity contribution in [3.63, 3.8) is 0 Å². The number of thiocarbonyl (C=S) groups is 1. The molecule has 2 aromatic rings. The number of aliphatic imine (C=N–C) groups is 1. The van der Waals surface area contributed by atoms with Crippen LogP contribution < -0.4 is 4.74 Å². The Morgan fingerprint density at radius 1 is 1.25 bits per heavy atom. The third-order valence-corrected chi connectivity index (χ3v) is 3.80. The molecule has 124 valence electrons. The smallest absolute Gasteiger partial charge is 0.421 e. The Morgan fingerprint density at radius 2 is 2.00 bits per heavy atom. The van der Waals surface area contributed by atoms with Gasteiger partial charge in [0.15, 0.2) is 5.60 Å². The first kappa shape index (κ1) is 16.6. The van der Waals surface area contributed by atoms with Gasteiger partial charge in [-0.15, -0.1) is 0 Å². The Balaban J connectivity index is 2.04. The van der Waals surface area contributed by atoms with Crippen LogP contribution in [0.5, 0.6) is 11.6 Å². The van der Waals surface area contributed by atoms with Crippen molar-refractivity contribution in [3.8, 4) is 11.6 Å². The largest absolute Gasteiger partial charge is 0.437 e. The fraction of sp³-hybridized carbons (Fsp3) is 0.250. The van der Waals surface area contributed by atoms with Crippen LogP contribution in [-0.4, -0.2) is 22.9 Å². The van der Waals surface area contributed by atoms with Gasteiger partial charge in [-0.3, -0.25) is 0 Å². The molecule has 24 heavy (non-hydrogen) atoms. The number of alkyl halides is 3. The lowest BCUT2D eigenvalue weighted by molar-refractivity contribution is -0.333. The molecule has 1 unspecified atom stereocenters. The summed E-state index contributed by atoms with van der Waals surface area (Å²) in [7, 11) is 0. The molecule has 1 aromatic heterocycles. The van der Waals surface area contributed by atoms with E-state index >= 15 is 0 Å². The second-order valence-electron chi connectivity index (χ2n) is 5.05. The number of benzene rings is 1. The van der Waals surface area contributed by atoms with Gasteiger partial charge in [0.2, 0.25) is 5.88 Å². The highest BCUT2D eigenvalue weighted by atomic mass is 32.1. The highest BCUT2D eigenvalue weighted by Gasteiger charge is 2.62. The second kappa shape index (κ2) is 6.32. The summed E-state index contributed by atoms with van der Waals surface area (Å²) in [6, 6.07) is 9.04. The van der Waals surface area contributed by atoms with Crippen LogP contribution in [0.3, 0.4) is 0 Å². The van der Waals surface area contributed by atoms with Crippen LogP contribution in [0.2, 0.25) is 0 Å². The molecule has 4 nitrogen and oxygen atoms in total. The Morgan fingerprint density at radius 3 is 2.62 bits per heavy atom. The first-order valence-corrected chi connectivity index (χ1v) is 7.40. The van der Waals surface area contributed by atoms with E-state index in [1.54, 1.807) is 18.2 Å². The van der Waals surface area contributed by atoms with Gasteiger partial charge in [0.1, 0.15) is 11.4 Å². The van der Waals surface area contributed by atoms with Crippen LogP contribution in [0.15, 0.2) is 47.6 Å². The minimum absolute atomic E-state index is 0.00837. The van der Waals surface area contributed by atoms with Crippen molar-refractivity contribution < 1.29 is 22.6 Å². The van der Waals surface area contributed by atoms with Crippen LogP contribution in [0.25, 0.3) is 0 Å². The van der Waals surface area contributed by atoms with Gasteiger partial charge in [-0.1, -0.05) is 18.2 Å². The number of para-hydroxylation sites is 1. The first-order valence-electron chi connectivity index (χ1n) is 6.99. The summed E-state index contributed by atoms with van der Waals surface area (Å²) >= 11 is 4.55. The lowest BCUT2D eigenvalue weighted by Gasteiger charge is -2.43. The number of ether oxygens (including phenoxy) is 2. The van der Waals surface area contributed by atoms with E-state index in [1.807, 2.05) is 0 Å². The van der Waals surface area contributed by atoms with Crippen molar-refractivity contribution >= 4 is 23.1 Å². The number of halogens is 3. The molecule has 1 saturated heterocycles. The summed E-state index contributed by atoms with van der Waals surface area (Å²) in [6.07, 6.45) is -3.27. The van der Waals surface area contributed by atoms with E-state index in [0.717, 1.165) is 0 Å². The number of pyridine rings is 1. The van der Waals surface area contributed by atoms with Gasteiger partial charge in [0.05, 0.1) is 11.8 Å². The monoisotopic (exact) mass is 352 g/mol. The van der Waals surface area contributed by atoms with Gasteiger partial charge in [-0.25, -0.2) is 4.98 Å². The van der Waals surface area contributed by atoms with Gasteiger partial charge in [-0.2, -0.15) is 18.2 Å². The molecule has 1 atom stereocenters. The van der Waals surface area contributed by atoms with Gasteiger partial charge < -0.3 is 9.47 Å². The number of hydrogen-bond acceptors (Lipinski definition) is 5. The van der Waals surface area contributed by atoms with E-state index in [1.165, 1.54) is 24.4 Å². The van der Waals surface area contributed by atoms with Crippen molar-refractivity contribution in [2.24, 2.45) is 4.99 Å². The summed E-state index contributed by atoms with van der Waals surface area (Å²) < 4.78 is 51.1. The minimum Gasteiger partial charge on any atom is -0.437 e. The fourth-order valence-electron chi connectivity index (χ4n) is 2.48. The molecule has 3 rings (SSSR count). The Kier molecular flexibility index (Phi) is 4.36. The summed E-state index contributed by atoms with van der Waals surface area (Å²) in [4.78, 5) is 7.80. The topological polar surface area (TPSA) is 43.7 Å². The first-order chi connectivity index (χ1) is 11.5. The predicted molar refractivity (Wildman–Crippen MR) is 83.7 cm³/mol. The molecular formula is C16H11F3N2O2S. The molecule has 8 heteroatoms. The maximum atomic E-state index is 13.5. The van der Waals surface area contributed by atoms with Crippen LogP contribution in [-0.2, 0) is 10.3 Å². The third-order valence-electron chi connectivity index (χ3n) is 3.71. The second-order valence-corrected chi connectivity index (χ2v) is 5.23. The van der Waals surface area contributed by atoms with Crippen molar-refractivity contribution in [2.75, 3.05) is 6.61 Å². The number of hydrogen-bond donors (Lipinski definition) is 0. The lowest BCUT2D eigenvalue weighted by Crippen LogP contribution is -2.52.